The van der Waals surface area contributed by atoms with Crippen molar-refractivity contribution in [3.63, 3.8) is 0 Å². The monoisotopic (exact) mass is 612 g/mol. The molecule has 4 aromatic rings. The van der Waals surface area contributed by atoms with E-state index in [0.717, 1.165) is 11.1 Å². The molecule has 1 unspecified atom stereocenters. The molecule has 1 aromatic heterocycles. The van der Waals surface area contributed by atoms with Gasteiger partial charge < -0.3 is 23.7 Å². The lowest BCUT2D eigenvalue weighted by Crippen LogP contribution is -2.39. The predicted octanol–water partition coefficient (Wildman–Crippen LogP) is 4.57. The van der Waals surface area contributed by atoms with Gasteiger partial charge in [-0.1, -0.05) is 66.5 Å². The van der Waals surface area contributed by atoms with Crippen molar-refractivity contribution in [2.24, 2.45) is 4.99 Å². The molecule has 2 heterocycles. The van der Waals surface area contributed by atoms with Crippen molar-refractivity contribution < 1.29 is 28.5 Å². The molecule has 5 rings (SSSR count). The maximum Gasteiger partial charge on any atom is 0.338 e. The van der Waals surface area contributed by atoms with E-state index in [1.165, 1.54) is 23.0 Å². The molecular weight excluding hydrogens is 580 g/mol. The quantitative estimate of drug-likeness (QED) is 0.181. The van der Waals surface area contributed by atoms with Crippen LogP contribution in [-0.2, 0) is 16.1 Å². The number of hydrogen-bond donors (Lipinski definition) is 0. The second-order valence-electron chi connectivity index (χ2n) is 9.77. The van der Waals surface area contributed by atoms with Crippen LogP contribution < -0.4 is 33.8 Å². The Morgan fingerprint density at radius 3 is 2.36 bits per heavy atom. The van der Waals surface area contributed by atoms with Crippen molar-refractivity contribution in [2.45, 2.75) is 19.6 Å². The Labute approximate surface area is 258 Å². The summed E-state index contributed by atoms with van der Waals surface area (Å²) in [5, 5.41) is 0. The Balaban J connectivity index is 1.64. The Kier molecular flexibility index (Phi) is 9.30. The fraction of sp³-hybridized carbons (Fsp3) is 0.206. The van der Waals surface area contributed by atoms with Crippen LogP contribution in [0.25, 0.3) is 6.08 Å². The second kappa shape index (κ2) is 13.5. The Morgan fingerprint density at radius 1 is 0.955 bits per heavy atom. The number of nitrogens with zero attached hydrogens (tertiary/aromatic N) is 2. The smallest absolute Gasteiger partial charge is 0.338 e. The van der Waals surface area contributed by atoms with Gasteiger partial charge in [0.25, 0.3) is 5.56 Å². The van der Waals surface area contributed by atoms with Crippen molar-refractivity contribution in [1.29, 1.82) is 0 Å². The number of ether oxygens (including phenoxy) is 5. The molecule has 9 nitrogen and oxygen atoms in total. The van der Waals surface area contributed by atoms with E-state index in [2.05, 4.69) is 6.58 Å². The van der Waals surface area contributed by atoms with Gasteiger partial charge in [-0.2, -0.15) is 0 Å². The van der Waals surface area contributed by atoms with Gasteiger partial charge in [-0.15, -0.1) is 0 Å². The largest absolute Gasteiger partial charge is 0.493 e. The Hall–Kier alpha value is -5.09. The summed E-state index contributed by atoms with van der Waals surface area (Å²) in [5.41, 5.74) is 2.63. The lowest BCUT2D eigenvalue weighted by molar-refractivity contribution is -0.140. The average molecular weight is 613 g/mol. The van der Waals surface area contributed by atoms with Crippen LogP contribution in [0.5, 0.6) is 23.0 Å². The van der Waals surface area contributed by atoms with Crippen molar-refractivity contribution in [3.8, 4) is 23.0 Å². The lowest BCUT2D eigenvalue weighted by Gasteiger charge is -2.25. The summed E-state index contributed by atoms with van der Waals surface area (Å²) in [6, 6.07) is 19.3. The number of methoxy groups -OCH3 is 3. The summed E-state index contributed by atoms with van der Waals surface area (Å²) in [4.78, 5) is 33.0. The highest BCUT2D eigenvalue weighted by atomic mass is 32.1. The number of fused-ring (bicyclic) bond motifs is 1. The zero-order valence-corrected chi connectivity index (χ0v) is 25.7. The molecule has 1 aliphatic rings. The van der Waals surface area contributed by atoms with Gasteiger partial charge in [0.05, 0.1) is 43.2 Å². The summed E-state index contributed by atoms with van der Waals surface area (Å²) in [6.45, 7) is 5.81. The normalized spacial score (nSPS) is 14.4. The number of benzene rings is 3. The molecule has 0 fully saturated rings. The van der Waals surface area contributed by atoms with Crippen LogP contribution in [0.3, 0.4) is 0 Å². The maximum absolute atomic E-state index is 14.1. The molecule has 10 heteroatoms. The van der Waals surface area contributed by atoms with Crippen LogP contribution in [0.2, 0.25) is 0 Å². The number of esters is 1. The highest BCUT2D eigenvalue weighted by molar-refractivity contribution is 7.07. The summed E-state index contributed by atoms with van der Waals surface area (Å²) >= 11 is 1.23. The third kappa shape index (κ3) is 6.16. The van der Waals surface area contributed by atoms with Crippen molar-refractivity contribution in [2.75, 3.05) is 27.9 Å². The van der Waals surface area contributed by atoms with E-state index < -0.39 is 12.0 Å². The number of allylic oxidation sites excluding steroid dienone is 1. The number of thiazole rings is 1. The van der Waals surface area contributed by atoms with E-state index in [-0.39, 0.29) is 24.3 Å². The third-order valence-electron chi connectivity index (χ3n) is 7.02. The van der Waals surface area contributed by atoms with Gasteiger partial charge in [0.1, 0.15) is 13.2 Å². The van der Waals surface area contributed by atoms with Crippen molar-refractivity contribution in [3.05, 3.63) is 127 Å². The minimum Gasteiger partial charge on any atom is -0.493 e. The Bertz CT molecular complexity index is 1910. The van der Waals surface area contributed by atoms with Crippen LogP contribution in [-0.4, -0.2) is 38.5 Å². The number of carbonyl (C=O) groups is 1. The molecule has 0 spiro atoms. The molecular formula is C34H32N2O7S. The van der Waals surface area contributed by atoms with E-state index >= 15 is 0 Å². The third-order valence-corrected chi connectivity index (χ3v) is 8.00. The molecule has 1 aliphatic heterocycles. The molecule has 3 aromatic carbocycles. The Morgan fingerprint density at radius 2 is 1.66 bits per heavy atom. The number of rotatable bonds is 11. The van der Waals surface area contributed by atoms with Gasteiger partial charge in [-0.25, -0.2) is 9.79 Å². The predicted molar refractivity (Wildman–Crippen MR) is 168 cm³/mol. The highest BCUT2D eigenvalue weighted by Gasteiger charge is 2.34. The van der Waals surface area contributed by atoms with Gasteiger partial charge in [-0.3, -0.25) is 9.36 Å². The van der Waals surface area contributed by atoms with Gasteiger partial charge in [0, 0.05) is 0 Å². The lowest BCUT2D eigenvalue weighted by atomic mass is 9.95. The second-order valence-corrected chi connectivity index (χ2v) is 10.8. The van der Waals surface area contributed by atoms with Gasteiger partial charge in [0.2, 0.25) is 0 Å². The first-order valence-electron chi connectivity index (χ1n) is 13.8. The van der Waals surface area contributed by atoms with E-state index in [0.29, 0.717) is 43.6 Å². The molecule has 0 radical (unpaired) electrons. The highest BCUT2D eigenvalue weighted by Crippen LogP contribution is 2.36. The average Bonchev–Trinajstić information content (AvgIpc) is 3.35. The first-order chi connectivity index (χ1) is 21.4. The van der Waals surface area contributed by atoms with Gasteiger partial charge >= 0.3 is 5.97 Å². The van der Waals surface area contributed by atoms with Crippen LogP contribution in [0.15, 0.2) is 100 Å². The van der Waals surface area contributed by atoms with E-state index in [1.807, 2.05) is 36.4 Å². The van der Waals surface area contributed by atoms with E-state index in [4.69, 9.17) is 28.7 Å². The minimum absolute atomic E-state index is 0.0740. The maximum atomic E-state index is 14.1. The summed E-state index contributed by atoms with van der Waals surface area (Å²) < 4.78 is 29.9. The van der Waals surface area contributed by atoms with Crippen LogP contribution >= 0.6 is 11.3 Å². The minimum atomic E-state index is -0.829. The summed E-state index contributed by atoms with van der Waals surface area (Å²) in [5.74, 6) is 1.50. The van der Waals surface area contributed by atoms with Gasteiger partial charge in [-0.05, 0) is 54.0 Å². The number of hydrogen-bond acceptors (Lipinski definition) is 9. The summed E-state index contributed by atoms with van der Waals surface area (Å²) in [6.07, 6.45) is 3.40. The molecule has 0 N–H and O–H groups in total. The van der Waals surface area contributed by atoms with Crippen LogP contribution in [0, 0.1) is 0 Å². The molecule has 226 valence electrons. The molecule has 0 aliphatic carbocycles. The standard InChI is InChI=1S/C34H32N2O7S/c1-6-16-42-26-15-13-24(19-28(26)41-5)31-30(33(38)43-20-22-10-8-7-9-11-22)21(2)35-34-36(31)32(37)29(44-34)18-23-12-14-25(39-3)27(17-23)40-4/h6-15,17-19,31H,1,16,20H2,2-5H3. The fourth-order valence-corrected chi connectivity index (χ4v) is 5.96. The van der Waals surface area contributed by atoms with E-state index in [9.17, 15) is 9.59 Å². The molecule has 0 amide bonds. The molecule has 0 saturated heterocycles. The van der Waals surface area contributed by atoms with Crippen molar-refractivity contribution >= 4 is 23.4 Å². The zero-order valence-electron chi connectivity index (χ0n) is 24.9. The first kappa shape index (κ1) is 30.4. The number of aromatic nitrogens is 1. The van der Waals surface area contributed by atoms with Crippen LogP contribution in [0.1, 0.15) is 29.7 Å². The molecule has 0 saturated carbocycles. The number of carbonyl (C=O) groups excluding carboxylic acids is 1. The zero-order chi connectivity index (χ0) is 31.2. The van der Waals surface area contributed by atoms with Crippen molar-refractivity contribution in [1.82, 2.24) is 4.57 Å². The fourth-order valence-electron chi connectivity index (χ4n) is 4.92. The summed E-state index contributed by atoms with van der Waals surface area (Å²) in [7, 11) is 4.65. The SMILES string of the molecule is C=CCOc1ccc(C2C(C(=O)OCc3ccccc3)=C(C)N=c3sc(=Cc4ccc(OC)c(OC)c4)c(=O)n32)cc1OC. The molecule has 44 heavy (non-hydrogen) atoms. The van der Waals surface area contributed by atoms with Gasteiger partial charge in [0.15, 0.2) is 27.8 Å². The van der Waals surface area contributed by atoms with Crippen LogP contribution in [0.4, 0.5) is 0 Å². The molecule has 0 bridgehead atoms. The topological polar surface area (TPSA) is 97.6 Å². The first-order valence-corrected chi connectivity index (χ1v) is 14.6. The van der Waals surface area contributed by atoms with E-state index in [1.54, 1.807) is 63.6 Å². The molecule has 1 atom stereocenters.